The largest absolute Gasteiger partial charge is 0.429 e. The number of para-hydroxylation sites is 2. The number of benzene rings is 2. The molecule has 1 heterocycles. The quantitative estimate of drug-likeness (QED) is 0.587. The average Bonchev–Trinajstić information content (AvgIpc) is 2.95. The fourth-order valence-corrected chi connectivity index (χ4v) is 3.51. The Labute approximate surface area is 161 Å². The third-order valence-electron chi connectivity index (χ3n) is 4.12. The second kappa shape index (κ2) is 8.03. The van der Waals surface area contributed by atoms with Gasteiger partial charge >= 0.3 is 0 Å². The van der Waals surface area contributed by atoms with E-state index in [-0.39, 0.29) is 17.2 Å². The number of hydrogen-bond acceptors (Lipinski definition) is 5. The van der Waals surface area contributed by atoms with E-state index in [0.29, 0.717) is 29.9 Å². The van der Waals surface area contributed by atoms with Gasteiger partial charge in [0.1, 0.15) is 0 Å². The summed E-state index contributed by atoms with van der Waals surface area (Å²) in [5.41, 5.74) is 2.47. The third-order valence-corrected chi connectivity index (χ3v) is 5.36. The summed E-state index contributed by atoms with van der Waals surface area (Å²) in [6.45, 7) is 0.885. The molecular weight excluding hydrogens is 386 g/mol. The zero-order valence-corrected chi connectivity index (χ0v) is 16.1. The molecule has 0 fully saturated rings. The maximum atomic E-state index is 12.1. The molecule has 7 nitrogen and oxygen atoms in total. The van der Waals surface area contributed by atoms with Gasteiger partial charge in [-0.3, -0.25) is 9.36 Å². The number of primary sulfonamides is 1. The molecule has 1 aromatic heterocycles. The number of fused-ring (bicyclic) bond motifs is 1. The second-order valence-electron chi connectivity index (χ2n) is 6.03. The first kappa shape index (κ1) is 19.3. The molecule has 27 heavy (non-hydrogen) atoms. The van der Waals surface area contributed by atoms with Crippen LogP contribution in [0.3, 0.4) is 0 Å². The van der Waals surface area contributed by atoms with Crippen LogP contribution in [0.2, 0.25) is 0 Å². The first-order chi connectivity index (χ1) is 12.8. The molecule has 0 aliphatic rings. The number of carbonyl (C=O) groups excluding carboxylic acids is 1. The molecule has 3 N–H and O–H groups in total. The number of oxazole rings is 1. The van der Waals surface area contributed by atoms with Gasteiger partial charge < -0.3 is 9.73 Å². The molecule has 0 unspecified atom stereocenters. The van der Waals surface area contributed by atoms with Gasteiger partial charge in [0, 0.05) is 19.5 Å². The molecule has 0 spiro atoms. The van der Waals surface area contributed by atoms with Crippen molar-refractivity contribution >= 4 is 39.2 Å². The molecule has 2 aromatic carbocycles. The summed E-state index contributed by atoms with van der Waals surface area (Å²) < 4.78 is 29.8. The van der Waals surface area contributed by atoms with Crippen LogP contribution in [0, 0.1) is 4.84 Å². The highest BCUT2D eigenvalue weighted by Gasteiger charge is 2.09. The van der Waals surface area contributed by atoms with Crippen LogP contribution >= 0.6 is 12.2 Å². The van der Waals surface area contributed by atoms with E-state index in [4.69, 9.17) is 21.8 Å². The summed E-state index contributed by atoms with van der Waals surface area (Å²) in [6.07, 6.45) is 0.868. The number of aryl methyl sites for hydroxylation is 1. The predicted octanol–water partition coefficient (Wildman–Crippen LogP) is 2.36. The third kappa shape index (κ3) is 4.82. The lowest BCUT2D eigenvalue weighted by Gasteiger charge is -2.07. The molecule has 9 heteroatoms. The Balaban J connectivity index is 1.50. The molecule has 0 aliphatic carbocycles. The van der Waals surface area contributed by atoms with Gasteiger partial charge in [-0.15, -0.1) is 0 Å². The number of hydrogen-bond donors (Lipinski definition) is 2. The van der Waals surface area contributed by atoms with Crippen LogP contribution in [-0.4, -0.2) is 25.4 Å². The van der Waals surface area contributed by atoms with Crippen molar-refractivity contribution in [2.45, 2.75) is 24.3 Å². The summed E-state index contributed by atoms with van der Waals surface area (Å²) in [6, 6.07) is 13.8. The molecule has 0 atom stereocenters. The van der Waals surface area contributed by atoms with Gasteiger partial charge in [0.05, 0.1) is 10.4 Å². The maximum Gasteiger partial charge on any atom is 0.269 e. The van der Waals surface area contributed by atoms with E-state index in [1.165, 1.54) is 12.1 Å². The SMILES string of the molecule is NS(=O)(=O)c1ccc(CCNC(=O)CCn2c(=S)oc3ccccc32)cc1. The van der Waals surface area contributed by atoms with E-state index >= 15 is 0 Å². The van der Waals surface area contributed by atoms with Gasteiger partial charge in [-0.2, -0.15) is 0 Å². The number of nitrogens with zero attached hydrogens (tertiary/aromatic N) is 1. The molecule has 3 aromatic rings. The number of nitrogens with two attached hydrogens (primary N) is 1. The number of carbonyl (C=O) groups is 1. The second-order valence-corrected chi connectivity index (χ2v) is 7.94. The van der Waals surface area contributed by atoms with Crippen LogP contribution in [0.1, 0.15) is 12.0 Å². The summed E-state index contributed by atoms with van der Waals surface area (Å²) in [5, 5.41) is 7.91. The number of nitrogens with one attached hydrogen (secondary N) is 1. The molecule has 1 amide bonds. The molecule has 0 bridgehead atoms. The fraction of sp³-hybridized carbons (Fsp3) is 0.222. The summed E-state index contributed by atoms with van der Waals surface area (Å²) in [4.78, 5) is 12.5. The standard InChI is InChI=1S/C18H19N3O4S2/c19-27(23,24)14-7-5-13(6-8-14)9-11-20-17(22)10-12-21-15-3-1-2-4-16(15)25-18(21)26/h1-8H,9-12H2,(H,20,22)(H2,19,23,24). The highest BCUT2D eigenvalue weighted by Crippen LogP contribution is 2.17. The summed E-state index contributed by atoms with van der Waals surface area (Å²) in [5.74, 6) is -0.0941. The van der Waals surface area contributed by atoms with Gasteiger partial charge in [-0.05, 0) is 48.5 Å². The molecule has 0 radical (unpaired) electrons. The molecule has 0 saturated carbocycles. The minimum absolute atomic E-state index is 0.0689. The monoisotopic (exact) mass is 405 g/mol. The number of rotatable bonds is 7. The van der Waals surface area contributed by atoms with Gasteiger partial charge in [0.2, 0.25) is 15.9 Å². The van der Waals surface area contributed by atoms with Crippen LogP contribution < -0.4 is 10.5 Å². The number of sulfonamides is 1. The summed E-state index contributed by atoms with van der Waals surface area (Å²) in [7, 11) is -3.69. The van der Waals surface area contributed by atoms with Crippen molar-refractivity contribution < 1.29 is 17.6 Å². The Bertz CT molecular complexity index is 1120. The van der Waals surface area contributed by atoms with Gasteiger partial charge in [-0.1, -0.05) is 24.3 Å². The first-order valence-corrected chi connectivity index (χ1v) is 10.3. The Hall–Kier alpha value is -2.49. The van der Waals surface area contributed by atoms with E-state index in [9.17, 15) is 13.2 Å². The fourth-order valence-electron chi connectivity index (χ4n) is 2.72. The molecule has 142 valence electrons. The Morgan fingerprint density at radius 1 is 1.15 bits per heavy atom. The van der Waals surface area contributed by atoms with E-state index in [2.05, 4.69) is 5.32 Å². The highest BCUT2D eigenvalue weighted by atomic mass is 32.2. The Morgan fingerprint density at radius 3 is 2.56 bits per heavy atom. The van der Waals surface area contributed by atoms with Crippen molar-refractivity contribution in [3.8, 4) is 0 Å². The van der Waals surface area contributed by atoms with E-state index in [1.54, 1.807) is 16.7 Å². The van der Waals surface area contributed by atoms with Crippen LogP contribution in [0.5, 0.6) is 0 Å². The molecular formula is C18H19N3O4S2. The molecule has 0 saturated heterocycles. The van der Waals surface area contributed by atoms with Crippen molar-refractivity contribution in [2.24, 2.45) is 5.14 Å². The van der Waals surface area contributed by atoms with Crippen molar-refractivity contribution in [3.63, 3.8) is 0 Å². The normalized spacial score (nSPS) is 11.6. The Kier molecular flexibility index (Phi) is 5.73. The minimum Gasteiger partial charge on any atom is -0.429 e. The molecule has 3 rings (SSSR count). The predicted molar refractivity (Wildman–Crippen MR) is 104 cm³/mol. The van der Waals surface area contributed by atoms with E-state index in [1.807, 2.05) is 24.3 Å². The van der Waals surface area contributed by atoms with Crippen molar-refractivity contribution in [1.82, 2.24) is 9.88 Å². The first-order valence-electron chi connectivity index (χ1n) is 8.31. The van der Waals surface area contributed by atoms with Crippen LogP contribution in [-0.2, 0) is 27.8 Å². The van der Waals surface area contributed by atoms with Crippen LogP contribution in [0.25, 0.3) is 11.1 Å². The zero-order valence-electron chi connectivity index (χ0n) is 14.4. The zero-order chi connectivity index (χ0) is 19.4. The van der Waals surface area contributed by atoms with Gasteiger partial charge in [-0.25, -0.2) is 13.6 Å². The van der Waals surface area contributed by atoms with Gasteiger partial charge in [0.15, 0.2) is 5.58 Å². The van der Waals surface area contributed by atoms with E-state index < -0.39 is 10.0 Å². The summed E-state index contributed by atoms with van der Waals surface area (Å²) >= 11 is 5.21. The smallest absolute Gasteiger partial charge is 0.269 e. The van der Waals surface area contributed by atoms with Crippen LogP contribution in [0.15, 0.2) is 57.8 Å². The molecule has 0 aliphatic heterocycles. The lowest BCUT2D eigenvalue weighted by molar-refractivity contribution is -0.121. The lowest BCUT2D eigenvalue weighted by atomic mass is 10.1. The van der Waals surface area contributed by atoms with Crippen molar-refractivity contribution in [1.29, 1.82) is 0 Å². The average molecular weight is 406 g/mol. The van der Waals surface area contributed by atoms with Crippen molar-refractivity contribution in [2.75, 3.05) is 6.54 Å². The maximum absolute atomic E-state index is 12.1. The lowest BCUT2D eigenvalue weighted by Crippen LogP contribution is -2.26. The highest BCUT2D eigenvalue weighted by molar-refractivity contribution is 7.89. The van der Waals surface area contributed by atoms with E-state index in [0.717, 1.165) is 11.1 Å². The van der Waals surface area contributed by atoms with Crippen molar-refractivity contribution in [3.05, 3.63) is 58.9 Å². The minimum atomic E-state index is -3.69. The van der Waals surface area contributed by atoms with Gasteiger partial charge in [0.25, 0.3) is 4.84 Å². The van der Waals surface area contributed by atoms with Crippen LogP contribution in [0.4, 0.5) is 0 Å². The number of amides is 1. The number of aromatic nitrogens is 1. The topological polar surface area (TPSA) is 107 Å². The Morgan fingerprint density at radius 2 is 1.85 bits per heavy atom.